The van der Waals surface area contributed by atoms with E-state index in [4.69, 9.17) is 0 Å². The van der Waals surface area contributed by atoms with Crippen LogP contribution in [0, 0.1) is 13.8 Å². The molecule has 1 aromatic heterocycles. The lowest BCUT2D eigenvalue weighted by Gasteiger charge is -2.06. The molecular formula is C21H19N3O2S. The number of nitrogens with zero attached hydrogens (tertiary/aromatic N) is 1. The van der Waals surface area contributed by atoms with Crippen LogP contribution in [-0.2, 0) is 4.79 Å². The van der Waals surface area contributed by atoms with E-state index in [0.29, 0.717) is 15.7 Å². The first kappa shape index (κ1) is 18.5. The number of hydrogen-bond acceptors (Lipinski definition) is 4. The Hall–Kier alpha value is -3.25. The van der Waals surface area contributed by atoms with Crippen LogP contribution in [0.1, 0.15) is 26.5 Å². The molecule has 0 aliphatic heterocycles. The van der Waals surface area contributed by atoms with Crippen LogP contribution in [0.4, 0.5) is 10.8 Å². The summed E-state index contributed by atoms with van der Waals surface area (Å²) in [5, 5.41) is 5.98. The Balaban J connectivity index is 1.67. The SMILES string of the molecule is Cc1ccccc1NC(=O)c1sc(NC(=O)C=Cc2ccccc2)nc1C. The maximum atomic E-state index is 12.5. The molecule has 5 nitrogen and oxygen atoms in total. The number of carbonyl (C=O) groups is 2. The number of hydrogen-bond donors (Lipinski definition) is 2. The van der Waals surface area contributed by atoms with Gasteiger partial charge in [0.15, 0.2) is 5.13 Å². The normalized spacial score (nSPS) is 10.7. The molecule has 0 saturated carbocycles. The fourth-order valence-corrected chi connectivity index (χ4v) is 3.30. The molecule has 3 aromatic rings. The van der Waals surface area contributed by atoms with E-state index in [2.05, 4.69) is 15.6 Å². The molecule has 0 bridgehead atoms. The van der Waals surface area contributed by atoms with E-state index in [1.807, 2.05) is 61.5 Å². The number of nitrogens with one attached hydrogen (secondary N) is 2. The van der Waals surface area contributed by atoms with Crippen LogP contribution < -0.4 is 10.6 Å². The molecule has 1 heterocycles. The van der Waals surface area contributed by atoms with Gasteiger partial charge in [-0.1, -0.05) is 59.9 Å². The Morgan fingerprint density at radius 3 is 2.41 bits per heavy atom. The molecule has 0 unspecified atom stereocenters. The predicted octanol–water partition coefficient (Wildman–Crippen LogP) is 4.66. The molecule has 3 rings (SSSR count). The van der Waals surface area contributed by atoms with Gasteiger partial charge in [-0.05, 0) is 37.1 Å². The van der Waals surface area contributed by atoms with Gasteiger partial charge in [-0.15, -0.1) is 0 Å². The average Bonchev–Trinajstić information content (AvgIpc) is 3.03. The van der Waals surface area contributed by atoms with Gasteiger partial charge in [-0.3, -0.25) is 14.9 Å². The van der Waals surface area contributed by atoms with Gasteiger partial charge in [0.25, 0.3) is 5.91 Å². The van der Waals surface area contributed by atoms with E-state index in [0.717, 1.165) is 28.2 Å². The maximum absolute atomic E-state index is 12.5. The lowest BCUT2D eigenvalue weighted by molar-refractivity contribution is -0.111. The van der Waals surface area contributed by atoms with Crippen LogP contribution in [0.3, 0.4) is 0 Å². The van der Waals surface area contributed by atoms with Gasteiger partial charge in [0.2, 0.25) is 5.91 Å². The topological polar surface area (TPSA) is 71.1 Å². The van der Waals surface area contributed by atoms with Crippen molar-refractivity contribution >= 4 is 40.0 Å². The Labute approximate surface area is 161 Å². The summed E-state index contributed by atoms with van der Waals surface area (Å²) in [6.45, 7) is 3.68. The summed E-state index contributed by atoms with van der Waals surface area (Å²) in [7, 11) is 0. The summed E-state index contributed by atoms with van der Waals surface area (Å²) in [5.41, 5.74) is 3.24. The van der Waals surface area contributed by atoms with Crippen molar-refractivity contribution < 1.29 is 9.59 Å². The standard InChI is InChI=1S/C21H19N3O2S/c1-14-8-6-7-11-17(14)23-20(26)19-15(2)22-21(27-19)24-18(25)13-12-16-9-4-3-5-10-16/h3-13H,1-2H3,(H,23,26)(H,22,24,25). The van der Waals surface area contributed by atoms with Crippen molar-refractivity contribution in [3.63, 3.8) is 0 Å². The third-order valence-electron chi connectivity index (χ3n) is 3.85. The molecule has 2 amide bonds. The van der Waals surface area contributed by atoms with E-state index in [1.54, 1.807) is 13.0 Å². The molecule has 0 radical (unpaired) electrons. The summed E-state index contributed by atoms with van der Waals surface area (Å²) in [6, 6.07) is 17.1. The zero-order chi connectivity index (χ0) is 19.2. The molecule has 6 heteroatoms. The van der Waals surface area contributed by atoms with Gasteiger partial charge in [0.1, 0.15) is 4.88 Å². The molecule has 2 N–H and O–H groups in total. The van der Waals surface area contributed by atoms with Crippen molar-refractivity contribution in [2.75, 3.05) is 10.6 Å². The van der Waals surface area contributed by atoms with E-state index >= 15 is 0 Å². The molecule has 0 atom stereocenters. The second kappa shape index (κ2) is 8.42. The number of aromatic nitrogens is 1. The third kappa shape index (κ3) is 4.89. The van der Waals surface area contributed by atoms with Crippen LogP contribution >= 0.6 is 11.3 Å². The Kier molecular flexibility index (Phi) is 5.78. The Bertz CT molecular complexity index is 994. The van der Waals surface area contributed by atoms with Gasteiger partial charge in [-0.2, -0.15) is 0 Å². The minimum atomic E-state index is -0.293. The van der Waals surface area contributed by atoms with Crippen molar-refractivity contribution in [3.05, 3.63) is 82.4 Å². The lowest BCUT2D eigenvalue weighted by atomic mass is 10.2. The minimum Gasteiger partial charge on any atom is -0.321 e. The molecule has 136 valence electrons. The number of anilines is 2. The number of benzene rings is 2. The van der Waals surface area contributed by atoms with Crippen molar-refractivity contribution in [1.29, 1.82) is 0 Å². The summed E-state index contributed by atoms with van der Waals surface area (Å²) < 4.78 is 0. The van der Waals surface area contributed by atoms with Crippen molar-refractivity contribution in [1.82, 2.24) is 4.98 Å². The molecule has 0 spiro atoms. The minimum absolute atomic E-state index is 0.236. The quantitative estimate of drug-likeness (QED) is 0.635. The fourth-order valence-electron chi connectivity index (χ4n) is 2.44. The Morgan fingerprint density at radius 1 is 0.963 bits per heavy atom. The highest BCUT2D eigenvalue weighted by Crippen LogP contribution is 2.24. The van der Waals surface area contributed by atoms with Gasteiger partial charge in [-0.25, -0.2) is 4.98 Å². The average molecular weight is 377 g/mol. The first-order valence-electron chi connectivity index (χ1n) is 8.41. The van der Waals surface area contributed by atoms with Crippen LogP contribution in [0.15, 0.2) is 60.7 Å². The second-order valence-corrected chi connectivity index (χ2v) is 6.93. The second-order valence-electron chi connectivity index (χ2n) is 5.94. The predicted molar refractivity (Wildman–Crippen MR) is 110 cm³/mol. The van der Waals surface area contributed by atoms with Crippen LogP contribution in [0.2, 0.25) is 0 Å². The van der Waals surface area contributed by atoms with E-state index in [-0.39, 0.29) is 11.8 Å². The van der Waals surface area contributed by atoms with Crippen molar-refractivity contribution in [3.8, 4) is 0 Å². The van der Waals surface area contributed by atoms with Crippen molar-refractivity contribution in [2.24, 2.45) is 0 Å². The summed E-state index contributed by atoms with van der Waals surface area (Å²) in [4.78, 5) is 29.4. The van der Waals surface area contributed by atoms with Gasteiger partial charge in [0.05, 0.1) is 5.69 Å². The first-order valence-corrected chi connectivity index (χ1v) is 9.23. The molecule has 0 saturated heterocycles. The molecule has 0 fully saturated rings. The molecular weight excluding hydrogens is 358 g/mol. The monoisotopic (exact) mass is 377 g/mol. The highest BCUT2D eigenvalue weighted by atomic mass is 32.1. The summed E-state index contributed by atoms with van der Waals surface area (Å²) in [5.74, 6) is -0.530. The zero-order valence-electron chi connectivity index (χ0n) is 15.0. The smallest absolute Gasteiger partial charge is 0.267 e. The fraction of sp³-hybridized carbons (Fsp3) is 0.0952. The molecule has 27 heavy (non-hydrogen) atoms. The molecule has 2 aromatic carbocycles. The van der Waals surface area contributed by atoms with Crippen molar-refractivity contribution in [2.45, 2.75) is 13.8 Å². The maximum Gasteiger partial charge on any atom is 0.267 e. The number of para-hydroxylation sites is 1. The van der Waals surface area contributed by atoms with Gasteiger partial charge in [0, 0.05) is 11.8 Å². The highest BCUT2D eigenvalue weighted by Gasteiger charge is 2.16. The molecule has 0 aliphatic rings. The third-order valence-corrected chi connectivity index (χ3v) is 4.92. The molecule has 0 aliphatic carbocycles. The zero-order valence-corrected chi connectivity index (χ0v) is 15.8. The van der Waals surface area contributed by atoms with E-state index < -0.39 is 0 Å². The first-order chi connectivity index (χ1) is 13.0. The number of amides is 2. The number of thiazole rings is 1. The van der Waals surface area contributed by atoms with Gasteiger partial charge < -0.3 is 5.32 Å². The number of carbonyl (C=O) groups excluding carboxylic acids is 2. The summed E-state index contributed by atoms with van der Waals surface area (Å²) in [6.07, 6.45) is 3.17. The van der Waals surface area contributed by atoms with Crippen LogP contribution in [0.5, 0.6) is 0 Å². The summed E-state index contributed by atoms with van der Waals surface area (Å²) >= 11 is 1.15. The number of rotatable bonds is 5. The largest absolute Gasteiger partial charge is 0.321 e. The highest BCUT2D eigenvalue weighted by molar-refractivity contribution is 7.17. The van der Waals surface area contributed by atoms with Gasteiger partial charge >= 0.3 is 0 Å². The van der Waals surface area contributed by atoms with Crippen LogP contribution in [-0.4, -0.2) is 16.8 Å². The van der Waals surface area contributed by atoms with E-state index in [1.165, 1.54) is 6.08 Å². The van der Waals surface area contributed by atoms with Crippen LogP contribution in [0.25, 0.3) is 6.08 Å². The number of aryl methyl sites for hydroxylation is 2. The Morgan fingerprint density at radius 2 is 1.67 bits per heavy atom. The van der Waals surface area contributed by atoms with E-state index in [9.17, 15) is 9.59 Å². The lowest BCUT2D eigenvalue weighted by Crippen LogP contribution is -2.12.